The molecule has 0 fully saturated rings. The number of nitrogens with two attached hydrogens (primary N) is 2. The van der Waals surface area contributed by atoms with Crippen molar-refractivity contribution in [1.82, 2.24) is 9.97 Å². The maximum Gasteiger partial charge on any atom is 0.222 e. The van der Waals surface area contributed by atoms with Gasteiger partial charge in [0.2, 0.25) is 5.95 Å². The molecule has 1 aliphatic rings. The van der Waals surface area contributed by atoms with E-state index in [2.05, 4.69) is 53.3 Å². The Morgan fingerprint density at radius 1 is 1.16 bits per heavy atom. The molecule has 6 heteroatoms. The fourth-order valence-corrected chi connectivity index (χ4v) is 4.67. The Bertz CT molecular complexity index is 1120. The highest BCUT2D eigenvalue weighted by Crippen LogP contribution is 2.48. The van der Waals surface area contributed by atoms with Gasteiger partial charge in [-0.2, -0.15) is 4.98 Å². The maximum atomic E-state index is 6.12. The van der Waals surface area contributed by atoms with Gasteiger partial charge in [0.15, 0.2) is 0 Å². The number of rotatable bonds is 1. The molecular weight excluding hydrogens is 332 g/mol. The second-order valence-electron chi connectivity index (χ2n) is 6.39. The Morgan fingerprint density at radius 2 is 2.00 bits per heavy atom. The zero-order valence-electron chi connectivity index (χ0n) is 13.6. The average Bonchev–Trinajstić information content (AvgIpc) is 3.17. The van der Waals surface area contributed by atoms with E-state index in [1.54, 1.807) is 11.3 Å². The number of ether oxygens (including phenoxy) is 1. The van der Waals surface area contributed by atoms with Gasteiger partial charge in [-0.15, -0.1) is 11.3 Å². The lowest BCUT2D eigenvalue weighted by molar-refractivity contribution is 0.340. The fourth-order valence-electron chi connectivity index (χ4n) is 3.57. The normalized spacial score (nSPS) is 16.3. The zero-order chi connectivity index (χ0) is 17.1. The number of anilines is 2. The van der Waals surface area contributed by atoms with Crippen molar-refractivity contribution in [2.45, 2.75) is 12.8 Å². The molecule has 5 nitrogen and oxygen atoms in total. The summed E-state index contributed by atoms with van der Waals surface area (Å²) in [5, 5.41) is 2.00. The van der Waals surface area contributed by atoms with E-state index in [1.807, 2.05) is 0 Å². The second-order valence-corrected chi connectivity index (χ2v) is 7.47. The summed E-state index contributed by atoms with van der Waals surface area (Å²) in [6.45, 7) is 2.80. The van der Waals surface area contributed by atoms with Crippen molar-refractivity contribution in [2.75, 3.05) is 18.1 Å². The van der Waals surface area contributed by atoms with Gasteiger partial charge < -0.3 is 16.2 Å². The lowest BCUT2D eigenvalue weighted by Crippen LogP contribution is -2.02. The second kappa shape index (κ2) is 5.07. The van der Waals surface area contributed by atoms with Crippen LogP contribution in [0.1, 0.15) is 18.4 Å². The van der Waals surface area contributed by atoms with Crippen LogP contribution in [0.3, 0.4) is 0 Å². The molecule has 0 saturated heterocycles. The van der Waals surface area contributed by atoms with Gasteiger partial charge in [0.25, 0.3) is 0 Å². The predicted octanol–water partition coefficient (Wildman–Crippen LogP) is 4.17. The molecule has 0 amide bonds. The molecular formula is C19H16N4OS. The summed E-state index contributed by atoms with van der Waals surface area (Å²) < 4.78 is 7.25. The highest BCUT2D eigenvalue weighted by molar-refractivity contribution is 7.22. The molecule has 3 heterocycles. The molecule has 0 saturated carbocycles. The molecule has 1 atom stereocenters. The summed E-state index contributed by atoms with van der Waals surface area (Å²) in [5.74, 6) is 1.64. The van der Waals surface area contributed by atoms with Gasteiger partial charge in [-0.3, -0.25) is 0 Å². The first kappa shape index (κ1) is 14.5. The third-order valence-electron chi connectivity index (χ3n) is 4.69. The van der Waals surface area contributed by atoms with E-state index in [4.69, 9.17) is 16.2 Å². The molecule has 1 aliphatic heterocycles. The first-order chi connectivity index (χ1) is 12.1. The molecule has 0 spiro atoms. The number of fused-ring (bicyclic) bond motifs is 4. The number of aromatic nitrogens is 2. The van der Waals surface area contributed by atoms with Crippen molar-refractivity contribution < 1.29 is 4.74 Å². The number of thiophene rings is 1. The van der Waals surface area contributed by atoms with Gasteiger partial charge in [0, 0.05) is 26.6 Å². The molecule has 5 rings (SSSR count). The van der Waals surface area contributed by atoms with Gasteiger partial charge in [-0.25, -0.2) is 4.98 Å². The standard InChI is InChI=1S/C19H16N4OS/c1-9-8-24-17-15(9)11(7-12-16(17)18(20)23-19(21)22-12)14-6-10-4-2-3-5-13(10)25-14/h2-7,9H,8H2,1H3,(H4,20,21,22,23). The number of nitrogen functional groups attached to an aromatic ring is 2. The van der Waals surface area contributed by atoms with Crippen molar-refractivity contribution >= 4 is 44.1 Å². The van der Waals surface area contributed by atoms with E-state index in [1.165, 1.54) is 20.5 Å². The SMILES string of the molecule is CC1COc2c1c(-c1cc3ccccc3s1)cc1nc(N)nc(N)c21. The molecule has 1 unspecified atom stereocenters. The fraction of sp³-hybridized carbons (Fsp3) is 0.158. The number of nitrogens with zero attached hydrogens (tertiary/aromatic N) is 2. The van der Waals surface area contributed by atoms with Crippen molar-refractivity contribution in [3.8, 4) is 16.2 Å². The Kier molecular flexibility index (Phi) is 2.93. The van der Waals surface area contributed by atoms with E-state index in [0.717, 1.165) is 22.2 Å². The zero-order valence-corrected chi connectivity index (χ0v) is 14.4. The summed E-state index contributed by atoms with van der Waals surface area (Å²) >= 11 is 1.77. The van der Waals surface area contributed by atoms with Crippen LogP contribution in [-0.4, -0.2) is 16.6 Å². The lowest BCUT2D eigenvalue weighted by atomic mass is 9.94. The summed E-state index contributed by atoms with van der Waals surface area (Å²) in [6, 6.07) is 12.7. The van der Waals surface area contributed by atoms with Crippen LogP contribution in [-0.2, 0) is 0 Å². The molecule has 4 aromatic rings. The topological polar surface area (TPSA) is 87.0 Å². The number of hydrogen-bond acceptors (Lipinski definition) is 6. The summed E-state index contributed by atoms with van der Waals surface area (Å²) in [7, 11) is 0. The van der Waals surface area contributed by atoms with E-state index in [9.17, 15) is 0 Å². The van der Waals surface area contributed by atoms with Crippen LogP contribution < -0.4 is 16.2 Å². The van der Waals surface area contributed by atoms with Gasteiger partial charge in [-0.05, 0) is 23.6 Å². The molecule has 0 aliphatic carbocycles. The summed E-state index contributed by atoms with van der Waals surface area (Å²) in [4.78, 5) is 9.70. The molecule has 0 radical (unpaired) electrons. The molecule has 0 bridgehead atoms. The van der Waals surface area contributed by atoms with Crippen molar-refractivity contribution in [3.05, 3.63) is 42.0 Å². The molecule has 124 valence electrons. The monoisotopic (exact) mass is 348 g/mol. The van der Waals surface area contributed by atoms with E-state index < -0.39 is 0 Å². The minimum Gasteiger partial charge on any atom is -0.492 e. The maximum absolute atomic E-state index is 6.12. The summed E-state index contributed by atoms with van der Waals surface area (Å²) in [5.41, 5.74) is 15.0. The van der Waals surface area contributed by atoms with E-state index in [-0.39, 0.29) is 11.9 Å². The first-order valence-electron chi connectivity index (χ1n) is 8.13. The highest BCUT2D eigenvalue weighted by atomic mass is 32.1. The minimum absolute atomic E-state index is 0.179. The van der Waals surface area contributed by atoms with Gasteiger partial charge in [-0.1, -0.05) is 25.1 Å². The Labute approximate surface area is 148 Å². The number of hydrogen-bond donors (Lipinski definition) is 2. The molecule has 2 aromatic carbocycles. The Balaban J connectivity index is 1.87. The van der Waals surface area contributed by atoms with Crippen LogP contribution in [0.15, 0.2) is 36.4 Å². The van der Waals surface area contributed by atoms with Crippen LogP contribution in [0.25, 0.3) is 31.4 Å². The first-order valence-corrected chi connectivity index (χ1v) is 8.95. The van der Waals surface area contributed by atoms with Crippen molar-refractivity contribution in [1.29, 1.82) is 0 Å². The molecule has 25 heavy (non-hydrogen) atoms. The van der Waals surface area contributed by atoms with Crippen LogP contribution >= 0.6 is 11.3 Å². The Hall–Kier alpha value is -2.86. The highest BCUT2D eigenvalue weighted by Gasteiger charge is 2.29. The van der Waals surface area contributed by atoms with Crippen LogP contribution in [0.4, 0.5) is 11.8 Å². The predicted molar refractivity (Wildman–Crippen MR) is 103 cm³/mol. The Morgan fingerprint density at radius 3 is 2.84 bits per heavy atom. The van der Waals surface area contributed by atoms with Crippen molar-refractivity contribution in [3.63, 3.8) is 0 Å². The smallest absolute Gasteiger partial charge is 0.222 e. The summed E-state index contributed by atoms with van der Waals surface area (Å²) in [6.07, 6.45) is 0. The van der Waals surface area contributed by atoms with Gasteiger partial charge in [0.1, 0.15) is 11.6 Å². The van der Waals surface area contributed by atoms with Crippen molar-refractivity contribution in [2.24, 2.45) is 0 Å². The molecule has 2 aromatic heterocycles. The third kappa shape index (κ3) is 2.07. The van der Waals surface area contributed by atoms with Crippen LogP contribution in [0.5, 0.6) is 5.75 Å². The van der Waals surface area contributed by atoms with Gasteiger partial charge in [0.05, 0.1) is 17.5 Å². The quantitative estimate of drug-likeness (QED) is 0.539. The minimum atomic E-state index is 0.179. The van der Waals surface area contributed by atoms with Gasteiger partial charge >= 0.3 is 0 Å². The lowest BCUT2D eigenvalue weighted by Gasteiger charge is -2.12. The van der Waals surface area contributed by atoms with E-state index in [0.29, 0.717) is 12.4 Å². The van der Waals surface area contributed by atoms with Crippen LogP contribution in [0, 0.1) is 0 Å². The van der Waals surface area contributed by atoms with Crippen LogP contribution in [0.2, 0.25) is 0 Å². The third-order valence-corrected chi connectivity index (χ3v) is 5.84. The van der Waals surface area contributed by atoms with E-state index >= 15 is 0 Å². The largest absolute Gasteiger partial charge is 0.492 e. The average molecular weight is 348 g/mol. The molecule has 4 N–H and O–H groups in total. The number of benzene rings is 2.